The molecule has 0 fully saturated rings. The van der Waals surface area contributed by atoms with Crippen LogP contribution in [-0.4, -0.2) is 23.6 Å². The molecule has 0 aliphatic rings. The lowest BCUT2D eigenvalue weighted by Crippen LogP contribution is -2.22. The SMILES string of the molecule is CCCOC(=O)Nc1ccc(-c2ccc(C(=O)NCc3cccnc3)cc2)cc1. The number of amides is 2. The molecule has 0 saturated carbocycles. The molecule has 2 amide bonds. The van der Waals surface area contributed by atoms with E-state index in [1.165, 1.54) is 0 Å². The van der Waals surface area contributed by atoms with Gasteiger partial charge in [0.05, 0.1) is 6.61 Å². The minimum absolute atomic E-state index is 0.134. The van der Waals surface area contributed by atoms with Gasteiger partial charge in [-0.25, -0.2) is 4.79 Å². The Morgan fingerprint density at radius 3 is 2.28 bits per heavy atom. The Labute approximate surface area is 169 Å². The van der Waals surface area contributed by atoms with Crippen LogP contribution in [0.4, 0.5) is 10.5 Å². The highest BCUT2D eigenvalue weighted by molar-refractivity contribution is 5.94. The number of pyridine rings is 1. The molecule has 1 aromatic heterocycles. The lowest BCUT2D eigenvalue weighted by molar-refractivity contribution is 0.0951. The molecule has 0 bridgehead atoms. The summed E-state index contributed by atoms with van der Waals surface area (Å²) in [4.78, 5) is 27.9. The minimum atomic E-state index is -0.457. The van der Waals surface area contributed by atoms with Gasteiger partial charge in [0, 0.05) is 30.2 Å². The third kappa shape index (κ3) is 5.90. The first-order chi connectivity index (χ1) is 14.2. The number of nitrogens with one attached hydrogen (secondary N) is 2. The quantitative estimate of drug-likeness (QED) is 0.617. The topological polar surface area (TPSA) is 80.3 Å². The van der Waals surface area contributed by atoms with E-state index in [0.717, 1.165) is 23.1 Å². The maximum atomic E-state index is 12.3. The van der Waals surface area contributed by atoms with Crippen molar-refractivity contribution in [3.63, 3.8) is 0 Å². The number of carbonyl (C=O) groups is 2. The predicted octanol–water partition coefficient (Wildman–Crippen LogP) is 4.64. The standard InChI is InChI=1S/C23H23N3O3/c1-2-14-29-23(28)26-21-11-9-19(10-12-21)18-5-7-20(8-6-18)22(27)25-16-17-4-3-13-24-15-17/h3-13,15H,2,14,16H2,1H3,(H,25,27)(H,26,28). The molecule has 148 valence electrons. The summed E-state index contributed by atoms with van der Waals surface area (Å²) in [6.07, 6.45) is 3.75. The van der Waals surface area contributed by atoms with Gasteiger partial charge in [0.15, 0.2) is 0 Å². The largest absolute Gasteiger partial charge is 0.449 e. The van der Waals surface area contributed by atoms with Crippen LogP contribution in [-0.2, 0) is 11.3 Å². The van der Waals surface area contributed by atoms with Crippen molar-refractivity contribution >= 4 is 17.7 Å². The molecule has 0 spiro atoms. The van der Waals surface area contributed by atoms with Gasteiger partial charge in [0.1, 0.15) is 0 Å². The molecule has 3 rings (SSSR count). The van der Waals surface area contributed by atoms with E-state index in [0.29, 0.717) is 24.4 Å². The molecule has 3 aromatic rings. The molecule has 2 N–H and O–H groups in total. The Hall–Kier alpha value is -3.67. The summed E-state index contributed by atoms with van der Waals surface area (Å²) in [6, 6.07) is 18.6. The maximum absolute atomic E-state index is 12.3. The first-order valence-electron chi connectivity index (χ1n) is 9.47. The molecule has 0 saturated heterocycles. The number of benzene rings is 2. The van der Waals surface area contributed by atoms with Crippen molar-refractivity contribution in [1.29, 1.82) is 0 Å². The van der Waals surface area contributed by atoms with Crippen LogP contribution in [0, 0.1) is 0 Å². The molecule has 0 aliphatic carbocycles. The summed E-state index contributed by atoms with van der Waals surface area (Å²) in [5, 5.41) is 5.57. The van der Waals surface area contributed by atoms with Crippen molar-refractivity contribution in [1.82, 2.24) is 10.3 Å². The van der Waals surface area contributed by atoms with Gasteiger partial charge in [-0.2, -0.15) is 0 Å². The minimum Gasteiger partial charge on any atom is -0.449 e. The monoisotopic (exact) mass is 389 g/mol. The lowest BCUT2D eigenvalue weighted by atomic mass is 10.0. The molecule has 2 aromatic carbocycles. The van der Waals surface area contributed by atoms with Gasteiger partial charge < -0.3 is 10.1 Å². The molecule has 0 aliphatic heterocycles. The number of ether oxygens (including phenoxy) is 1. The smallest absolute Gasteiger partial charge is 0.411 e. The molecule has 0 atom stereocenters. The van der Waals surface area contributed by atoms with Crippen LogP contribution in [0.15, 0.2) is 73.1 Å². The summed E-state index contributed by atoms with van der Waals surface area (Å²) < 4.78 is 5.00. The van der Waals surface area contributed by atoms with E-state index in [4.69, 9.17) is 4.74 Å². The van der Waals surface area contributed by atoms with Gasteiger partial charge in [0.2, 0.25) is 0 Å². The van der Waals surface area contributed by atoms with E-state index in [-0.39, 0.29) is 5.91 Å². The zero-order valence-electron chi connectivity index (χ0n) is 16.2. The second-order valence-electron chi connectivity index (χ2n) is 6.46. The Morgan fingerprint density at radius 2 is 1.66 bits per heavy atom. The van der Waals surface area contributed by atoms with Gasteiger partial charge in [-0.05, 0) is 53.4 Å². The second-order valence-corrected chi connectivity index (χ2v) is 6.46. The fraction of sp³-hybridized carbons (Fsp3) is 0.174. The van der Waals surface area contributed by atoms with Gasteiger partial charge in [-0.15, -0.1) is 0 Å². The Morgan fingerprint density at radius 1 is 0.966 bits per heavy atom. The lowest BCUT2D eigenvalue weighted by Gasteiger charge is -2.08. The van der Waals surface area contributed by atoms with E-state index in [2.05, 4.69) is 15.6 Å². The van der Waals surface area contributed by atoms with Crippen molar-refractivity contribution in [2.24, 2.45) is 0 Å². The van der Waals surface area contributed by atoms with E-state index in [1.807, 2.05) is 55.5 Å². The van der Waals surface area contributed by atoms with Crippen molar-refractivity contribution in [2.75, 3.05) is 11.9 Å². The average molecular weight is 389 g/mol. The van der Waals surface area contributed by atoms with Crippen LogP contribution in [0.2, 0.25) is 0 Å². The second kappa shape index (κ2) is 10.0. The van der Waals surface area contributed by atoms with Crippen molar-refractivity contribution < 1.29 is 14.3 Å². The van der Waals surface area contributed by atoms with Gasteiger partial charge in [-0.3, -0.25) is 15.1 Å². The van der Waals surface area contributed by atoms with Gasteiger partial charge in [0.25, 0.3) is 5.91 Å². The Kier molecular flexibility index (Phi) is 6.95. The normalized spacial score (nSPS) is 10.2. The molecule has 1 heterocycles. The zero-order chi connectivity index (χ0) is 20.5. The molecule has 0 radical (unpaired) electrons. The maximum Gasteiger partial charge on any atom is 0.411 e. The highest BCUT2D eigenvalue weighted by Gasteiger charge is 2.07. The molecule has 6 heteroatoms. The first-order valence-corrected chi connectivity index (χ1v) is 9.47. The van der Waals surface area contributed by atoms with Crippen molar-refractivity contribution in [3.8, 4) is 11.1 Å². The molecular formula is C23H23N3O3. The average Bonchev–Trinajstić information content (AvgIpc) is 2.77. The number of carbonyl (C=O) groups excluding carboxylic acids is 2. The molecular weight excluding hydrogens is 366 g/mol. The number of rotatable bonds is 7. The summed E-state index contributed by atoms with van der Waals surface area (Å²) >= 11 is 0. The Balaban J connectivity index is 1.58. The highest BCUT2D eigenvalue weighted by Crippen LogP contribution is 2.22. The number of hydrogen-bond acceptors (Lipinski definition) is 4. The molecule has 0 unspecified atom stereocenters. The van der Waals surface area contributed by atoms with Crippen LogP contribution in [0.25, 0.3) is 11.1 Å². The number of hydrogen-bond donors (Lipinski definition) is 2. The van der Waals surface area contributed by atoms with E-state index >= 15 is 0 Å². The fourth-order valence-electron chi connectivity index (χ4n) is 2.70. The van der Waals surface area contributed by atoms with Crippen LogP contribution in [0.3, 0.4) is 0 Å². The molecule has 29 heavy (non-hydrogen) atoms. The van der Waals surface area contributed by atoms with Gasteiger partial charge >= 0.3 is 6.09 Å². The third-order valence-electron chi connectivity index (χ3n) is 4.22. The van der Waals surface area contributed by atoms with E-state index in [1.54, 1.807) is 24.5 Å². The van der Waals surface area contributed by atoms with Crippen LogP contribution >= 0.6 is 0 Å². The zero-order valence-corrected chi connectivity index (χ0v) is 16.2. The Bertz CT molecular complexity index is 939. The fourth-order valence-corrected chi connectivity index (χ4v) is 2.70. The van der Waals surface area contributed by atoms with Crippen LogP contribution in [0.5, 0.6) is 0 Å². The predicted molar refractivity (Wildman–Crippen MR) is 113 cm³/mol. The highest BCUT2D eigenvalue weighted by atomic mass is 16.5. The summed E-state index contributed by atoms with van der Waals surface area (Å²) in [6.45, 7) is 2.77. The van der Waals surface area contributed by atoms with E-state index < -0.39 is 6.09 Å². The van der Waals surface area contributed by atoms with Gasteiger partial charge in [-0.1, -0.05) is 37.3 Å². The first kappa shape index (κ1) is 20.1. The summed E-state index contributed by atoms with van der Waals surface area (Å²) in [5.41, 5.74) is 4.18. The number of anilines is 1. The number of nitrogens with zero attached hydrogens (tertiary/aromatic N) is 1. The van der Waals surface area contributed by atoms with Crippen molar-refractivity contribution in [3.05, 3.63) is 84.2 Å². The number of aromatic nitrogens is 1. The summed E-state index contributed by atoms with van der Waals surface area (Å²) in [5.74, 6) is -0.134. The van der Waals surface area contributed by atoms with Crippen molar-refractivity contribution in [2.45, 2.75) is 19.9 Å². The third-order valence-corrected chi connectivity index (χ3v) is 4.22. The molecule has 6 nitrogen and oxygen atoms in total. The van der Waals surface area contributed by atoms with E-state index in [9.17, 15) is 9.59 Å². The summed E-state index contributed by atoms with van der Waals surface area (Å²) in [7, 11) is 0. The van der Waals surface area contributed by atoms with Crippen LogP contribution in [0.1, 0.15) is 29.3 Å². The van der Waals surface area contributed by atoms with Crippen LogP contribution < -0.4 is 10.6 Å².